The number of hydrogen-bond acceptors (Lipinski definition) is 28. The fourth-order valence-corrected chi connectivity index (χ4v) is 10.7. The van der Waals surface area contributed by atoms with Crippen molar-refractivity contribution in [3.05, 3.63) is 91.0 Å². The van der Waals surface area contributed by atoms with Gasteiger partial charge in [0.2, 0.25) is 17.7 Å². The van der Waals surface area contributed by atoms with Crippen molar-refractivity contribution in [2.75, 3.05) is 41.9 Å². The number of carbonyl (C=O) groups excluding carboxylic acids is 4. The van der Waals surface area contributed by atoms with Gasteiger partial charge in [0.1, 0.15) is 94.2 Å². The molecule has 0 saturated carbocycles. The van der Waals surface area contributed by atoms with Crippen LogP contribution in [0.4, 0.5) is 0 Å². The van der Waals surface area contributed by atoms with Gasteiger partial charge < -0.3 is 114 Å². The molecular weight excluding hydrogens is 1320 g/mol. The minimum Gasteiger partial charge on any atom is -0.508 e. The molecule has 31 nitrogen and oxygen atoms in total. The second kappa shape index (κ2) is 42.9. The Hall–Kier alpha value is -9.04. The molecule has 92 heavy (non-hydrogen) atoms. The van der Waals surface area contributed by atoms with Gasteiger partial charge in [0, 0.05) is 42.1 Å². The molecule has 24 N–H and O–H groups in total. The summed E-state index contributed by atoms with van der Waals surface area (Å²) in [5.41, 5.74) is 16.2. The zero-order valence-corrected chi connectivity index (χ0v) is 52.8. The summed E-state index contributed by atoms with van der Waals surface area (Å²) >= 11 is 5.45. The summed E-state index contributed by atoms with van der Waals surface area (Å²) < 4.78 is 4.76. The number of ether oxygens (including phenoxy) is 1. The number of thioether (sulfide) groups is 5. The fourth-order valence-electron chi connectivity index (χ4n) is 6.00. The first-order valence-corrected chi connectivity index (χ1v) is 31.2. The van der Waals surface area contributed by atoms with Gasteiger partial charge in [0.05, 0.1) is 37.5 Å². The van der Waals surface area contributed by atoms with Gasteiger partial charge in [-0.25, -0.2) is 4.79 Å². The normalized spacial score (nSPS) is 11.9. The lowest BCUT2D eigenvalue weighted by atomic mass is 10.1. The number of phenolic OH excluding ortho intramolecular Hbond substituents is 10. The van der Waals surface area contributed by atoms with E-state index in [2.05, 4.69) is 16.0 Å². The summed E-state index contributed by atoms with van der Waals surface area (Å²) in [5.74, 6) is -7.39. The largest absolute Gasteiger partial charge is 0.508 e. The molecular formula is C56H70N6O25S5. The fraction of sp³-hybridized carbons (Fsp3) is 0.304. The van der Waals surface area contributed by atoms with Gasteiger partial charge in [-0.3, -0.25) is 38.4 Å². The number of hydrogen-bond donors (Lipinski definition) is 21. The van der Waals surface area contributed by atoms with Crippen molar-refractivity contribution in [1.82, 2.24) is 16.0 Å². The summed E-state index contributed by atoms with van der Waals surface area (Å²) in [5, 5.41) is 144. The zero-order valence-electron chi connectivity index (χ0n) is 48.7. The van der Waals surface area contributed by atoms with Crippen molar-refractivity contribution in [2.45, 2.75) is 87.8 Å². The van der Waals surface area contributed by atoms with E-state index in [1.807, 2.05) is 0 Å². The van der Waals surface area contributed by atoms with Crippen LogP contribution in [0.25, 0.3) is 0 Å². The molecule has 0 fully saturated rings. The Bertz CT molecular complexity index is 3280. The van der Waals surface area contributed by atoms with Crippen LogP contribution in [0.2, 0.25) is 0 Å². The lowest BCUT2D eigenvalue weighted by molar-refractivity contribution is -0.144. The first-order valence-electron chi connectivity index (χ1n) is 26.3. The minimum atomic E-state index is -1.27. The van der Waals surface area contributed by atoms with E-state index in [9.17, 15) is 84.0 Å². The van der Waals surface area contributed by atoms with E-state index in [1.54, 1.807) is 6.92 Å². The summed E-state index contributed by atoms with van der Waals surface area (Å²) in [6.07, 6.45) is -0.372. The number of phenols is 10. The highest BCUT2D eigenvalue weighted by Gasteiger charge is 2.24. The van der Waals surface area contributed by atoms with E-state index in [0.29, 0.717) is 25.3 Å². The lowest BCUT2D eigenvalue weighted by Crippen LogP contribution is -2.49. The molecule has 3 amide bonds. The maximum absolute atomic E-state index is 12.2. The Morgan fingerprint density at radius 3 is 1.14 bits per heavy atom. The maximum atomic E-state index is 12.2. The average molecular weight is 1390 g/mol. The first-order chi connectivity index (χ1) is 43.1. The second-order valence-electron chi connectivity index (χ2n) is 18.1. The van der Waals surface area contributed by atoms with E-state index < -0.39 is 90.3 Å². The minimum absolute atomic E-state index is 0.00427. The number of benzene rings is 5. The van der Waals surface area contributed by atoms with Crippen LogP contribution < -0.4 is 33.2 Å². The predicted octanol–water partition coefficient (Wildman–Crippen LogP) is 3.19. The lowest BCUT2D eigenvalue weighted by Gasteiger charge is -2.18. The molecule has 0 aliphatic heterocycles. The van der Waals surface area contributed by atoms with Gasteiger partial charge in [0.25, 0.3) is 0 Å². The third-order valence-electron chi connectivity index (χ3n) is 10.6. The predicted molar refractivity (Wildman–Crippen MR) is 338 cm³/mol. The third kappa shape index (κ3) is 34.2. The van der Waals surface area contributed by atoms with E-state index >= 15 is 0 Å². The molecule has 36 heteroatoms. The smallest absolute Gasteiger partial charge is 0.327 e. The van der Waals surface area contributed by atoms with Gasteiger partial charge in [-0.15, -0.1) is 58.8 Å². The average Bonchev–Trinajstić information content (AvgIpc) is 1.97. The van der Waals surface area contributed by atoms with Crippen LogP contribution in [0.1, 0.15) is 33.1 Å². The van der Waals surface area contributed by atoms with Crippen molar-refractivity contribution < 1.29 is 124 Å². The number of carboxylic acids is 5. The number of aromatic hydroxyl groups is 10. The van der Waals surface area contributed by atoms with Crippen molar-refractivity contribution in [1.29, 1.82) is 0 Å². The third-order valence-corrected chi connectivity index (χ3v) is 16.2. The standard InChI is InChI=1S/C16H21N3O8S.C11H13NO5S.C11H15NO4S.C9H11NO4S.C9H10O4S/c17-9(16(26)27)2-4-13(22)19-10(15(25)18-6-14(23)24)7-28-12-5-8(20)1-3-11(12)21;1-6(13)12-8(11(16)17)5-18-10-4-7(14)2-3-9(10)15;1-2-16-11(15)8(12)6-17-10-5-7(13)3-4-9(10)14;10-6(9(13)14)4-15-8-3-5(11)1-2-7(8)12;10-6-1-2-7(11)8(5-6)14-4-3-9(12)13/h1,3,5,9-10,20-21H,2,4,6-7,17H2,(H,18,25)(H,19,22)(H,23,24)(H,26,27);2-4,8,14-15H,5H2,1H3,(H,12,13)(H,16,17);3-5,8,13-14H,2,6,12H2,1H3;1-3,6,11-12H,4,10H2,(H,13,14);1-2,5,10-11H,3-4H2,(H,12,13)/t;2*8-;6-;/m.000./s1. The van der Waals surface area contributed by atoms with Crippen molar-refractivity contribution in [3.8, 4) is 57.5 Å². The van der Waals surface area contributed by atoms with Gasteiger partial charge in [-0.2, -0.15) is 0 Å². The maximum Gasteiger partial charge on any atom is 0.327 e. The quantitative estimate of drug-likeness (QED) is 0.0186. The molecule has 0 aliphatic rings. The number of nitrogens with one attached hydrogen (secondary N) is 3. The summed E-state index contributed by atoms with van der Waals surface area (Å²) in [6.45, 7) is 2.57. The molecule has 5 aromatic rings. The Kier molecular flexibility index (Phi) is 37.7. The SMILES string of the molecule is CC(=O)N[C@@H](CSc1cc(O)ccc1O)C(=O)O.CCOC(=O)[C@@H](N)CSc1cc(O)ccc1O.NC(CCC(=O)NC(CSc1cc(O)ccc1O)C(=O)NCC(=O)O)C(=O)O.N[C@@H](CSc1cc(O)ccc1O)C(=O)O.O=C(O)CCSc1cc(O)ccc1O. The highest BCUT2D eigenvalue weighted by molar-refractivity contribution is 8.00. The number of amides is 3. The number of esters is 1. The molecule has 504 valence electrons. The number of rotatable bonds is 29. The Morgan fingerprint density at radius 1 is 0.446 bits per heavy atom. The highest BCUT2D eigenvalue weighted by atomic mass is 32.2. The van der Waals surface area contributed by atoms with Crippen LogP contribution in [-0.2, 0) is 47.9 Å². The van der Waals surface area contributed by atoms with Crippen LogP contribution >= 0.6 is 58.8 Å². The van der Waals surface area contributed by atoms with Gasteiger partial charge in [-0.05, 0) is 104 Å². The Morgan fingerprint density at radius 2 is 0.804 bits per heavy atom. The molecule has 0 aliphatic carbocycles. The van der Waals surface area contributed by atoms with E-state index in [1.165, 1.54) is 121 Å². The topological polar surface area (TPSA) is 580 Å². The first kappa shape index (κ1) is 81.0. The van der Waals surface area contributed by atoms with Crippen LogP contribution in [-0.4, -0.2) is 202 Å². The highest BCUT2D eigenvalue weighted by Crippen LogP contribution is 2.36. The number of carboxylic acid groups (broad SMARTS) is 5. The second-order valence-corrected chi connectivity index (χ2v) is 23.5. The molecule has 5 rings (SSSR count). The van der Waals surface area contributed by atoms with Gasteiger partial charge >= 0.3 is 35.8 Å². The van der Waals surface area contributed by atoms with Crippen LogP contribution in [0.5, 0.6) is 57.5 Å². The number of carbonyl (C=O) groups is 9. The van der Waals surface area contributed by atoms with Crippen LogP contribution in [0.3, 0.4) is 0 Å². The molecule has 0 radical (unpaired) electrons. The zero-order chi connectivity index (χ0) is 69.8. The molecule has 5 atom stereocenters. The molecule has 0 spiro atoms. The molecule has 0 saturated heterocycles. The summed E-state index contributed by atoms with van der Waals surface area (Å²) in [6, 6.07) is 14.9. The van der Waals surface area contributed by atoms with Crippen molar-refractivity contribution >= 4 is 112 Å². The number of nitrogens with two attached hydrogens (primary N) is 3. The van der Waals surface area contributed by atoms with Crippen molar-refractivity contribution in [2.24, 2.45) is 17.2 Å². The van der Waals surface area contributed by atoms with Gasteiger partial charge in [0.15, 0.2) is 0 Å². The van der Waals surface area contributed by atoms with Crippen LogP contribution in [0.15, 0.2) is 115 Å². The van der Waals surface area contributed by atoms with E-state index in [4.69, 9.17) is 57.7 Å². The summed E-state index contributed by atoms with van der Waals surface area (Å²) in [7, 11) is 0. The van der Waals surface area contributed by atoms with Gasteiger partial charge in [-0.1, -0.05) is 0 Å². The molecule has 0 heterocycles. The van der Waals surface area contributed by atoms with E-state index in [0.717, 1.165) is 35.3 Å². The molecule has 5 aromatic carbocycles. The van der Waals surface area contributed by atoms with Crippen LogP contribution in [0, 0.1) is 0 Å². The Labute approximate surface area is 545 Å². The monoisotopic (exact) mass is 1390 g/mol. The molecule has 2 unspecified atom stereocenters. The molecule has 0 bridgehead atoms. The number of aliphatic carboxylic acids is 5. The van der Waals surface area contributed by atoms with Crippen molar-refractivity contribution in [3.63, 3.8) is 0 Å². The van der Waals surface area contributed by atoms with E-state index in [-0.39, 0.29) is 111 Å². The summed E-state index contributed by atoms with van der Waals surface area (Å²) in [4.78, 5) is 101. The molecule has 0 aromatic heterocycles. The Balaban J connectivity index is 0.000000590.